The molecule has 2 N–H and O–H groups in total. The zero-order valence-electron chi connectivity index (χ0n) is 13.9. The second-order valence-corrected chi connectivity index (χ2v) is 6.25. The summed E-state index contributed by atoms with van der Waals surface area (Å²) in [6.45, 7) is 0. The lowest BCUT2D eigenvalue weighted by Gasteiger charge is -2.08. The van der Waals surface area contributed by atoms with Crippen LogP contribution in [-0.2, 0) is 0 Å². The van der Waals surface area contributed by atoms with Crippen molar-refractivity contribution in [2.75, 3.05) is 5.32 Å². The number of carbonyl (C=O) groups excluding carboxylic acids is 1. The Morgan fingerprint density at radius 1 is 1.00 bits per heavy atom. The van der Waals surface area contributed by atoms with E-state index in [4.69, 9.17) is 11.6 Å². The minimum atomic E-state index is -0.551. The van der Waals surface area contributed by atoms with E-state index in [1.54, 1.807) is 36.5 Å². The normalized spacial score (nSPS) is 10.7. The fourth-order valence-corrected chi connectivity index (χ4v) is 2.83. The van der Waals surface area contributed by atoms with Crippen LogP contribution in [0.3, 0.4) is 0 Å². The van der Waals surface area contributed by atoms with Crippen molar-refractivity contribution in [2.24, 2.45) is 0 Å². The van der Waals surface area contributed by atoms with Crippen LogP contribution in [0.25, 0.3) is 22.3 Å². The van der Waals surface area contributed by atoms with Crippen LogP contribution < -0.4 is 10.9 Å². The number of carbonyl (C=O) groups is 1. The Hall–Kier alpha value is -3.51. The van der Waals surface area contributed by atoms with Gasteiger partial charge >= 0.3 is 0 Å². The zero-order valence-corrected chi connectivity index (χ0v) is 14.7. The Labute approximate surface area is 158 Å². The summed E-state index contributed by atoms with van der Waals surface area (Å²) in [5.74, 6) is -0.190. The zero-order chi connectivity index (χ0) is 18.8. The summed E-state index contributed by atoms with van der Waals surface area (Å²) in [5, 5.41) is 4.20. The second kappa shape index (κ2) is 7.01. The number of amides is 1. The molecule has 27 heavy (non-hydrogen) atoms. The number of fused-ring (bicyclic) bond motifs is 1. The molecule has 132 valence electrons. The number of aromatic nitrogens is 3. The van der Waals surface area contributed by atoms with Gasteiger partial charge in [-0.2, -0.15) is 0 Å². The van der Waals surface area contributed by atoms with Crippen LogP contribution in [0.4, 0.5) is 5.69 Å². The largest absolute Gasteiger partial charge is 0.320 e. The van der Waals surface area contributed by atoms with Crippen LogP contribution >= 0.6 is 11.6 Å². The summed E-state index contributed by atoms with van der Waals surface area (Å²) in [7, 11) is 0. The molecule has 2 aromatic carbocycles. The van der Waals surface area contributed by atoms with E-state index in [0.29, 0.717) is 27.6 Å². The topological polar surface area (TPSA) is 87.7 Å². The Morgan fingerprint density at radius 2 is 1.78 bits per heavy atom. The number of rotatable bonds is 3. The van der Waals surface area contributed by atoms with E-state index >= 15 is 0 Å². The van der Waals surface area contributed by atoms with E-state index in [9.17, 15) is 9.59 Å². The van der Waals surface area contributed by atoms with Crippen molar-refractivity contribution in [2.45, 2.75) is 0 Å². The first-order valence-corrected chi connectivity index (χ1v) is 8.50. The Morgan fingerprint density at radius 3 is 2.56 bits per heavy atom. The summed E-state index contributed by atoms with van der Waals surface area (Å²) >= 11 is 5.87. The van der Waals surface area contributed by atoms with E-state index in [1.807, 2.05) is 24.3 Å². The van der Waals surface area contributed by atoms with Crippen molar-refractivity contribution in [3.63, 3.8) is 0 Å². The van der Waals surface area contributed by atoms with E-state index < -0.39 is 11.5 Å². The molecule has 4 aromatic rings. The summed E-state index contributed by atoms with van der Waals surface area (Å²) in [6.07, 6.45) is 2.91. The maximum absolute atomic E-state index is 12.6. The fourth-order valence-electron chi connectivity index (χ4n) is 2.71. The quantitative estimate of drug-likeness (QED) is 0.567. The van der Waals surface area contributed by atoms with E-state index in [2.05, 4.69) is 20.3 Å². The van der Waals surface area contributed by atoms with Gasteiger partial charge in [0.1, 0.15) is 11.4 Å². The highest BCUT2D eigenvalue weighted by molar-refractivity contribution is 6.30. The molecule has 0 aliphatic rings. The minimum Gasteiger partial charge on any atom is -0.320 e. The molecule has 4 rings (SSSR count). The molecule has 0 saturated heterocycles. The van der Waals surface area contributed by atoms with Gasteiger partial charge in [0.2, 0.25) is 0 Å². The van der Waals surface area contributed by atoms with E-state index in [1.165, 1.54) is 6.20 Å². The van der Waals surface area contributed by atoms with Gasteiger partial charge < -0.3 is 10.3 Å². The molecule has 6 nitrogen and oxygen atoms in total. The number of pyridine rings is 1. The van der Waals surface area contributed by atoms with Gasteiger partial charge in [-0.15, -0.1) is 0 Å². The maximum Gasteiger partial charge on any atom is 0.264 e. The molecular weight excluding hydrogens is 364 g/mol. The molecule has 0 bridgehead atoms. The maximum atomic E-state index is 12.6. The lowest BCUT2D eigenvalue weighted by Crippen LogP contribution is -2.24. The Balaban J connectivity index is 1.64. The first-order valence-electron chi connectivity index (χ1n) is 8.12. The van der Waals surface area contributed by atoms with Crippen molar-refractivity contribution in [3.8, 4) is 11.4 Å². The molecule has 0 atom stereocenters. The average molecular weight is 377 g/mol. The first kappa shape index (κ1) is 16.9. The molecule has 2 heterocycles. The van der Waals surface area contributed by atoms with Gasteiger partial charge in [0.15, 0.2) is 0 Å². The van der Waals surface area contributed by atoms with Crippen molar-refractivity contribution in [1.82, 2.24) is 15.0 Å². The number of hydrogen-bond acceptors (Lipinski definition) is 4. The number of nitrogens with one attached hydrogen (secondary N) is 2. The van der Waals surface area contributed by atoms with Crippen molar-refractivity contribution in [1.29, 1.82) is 0 Å². The monoisotopic (exact) mass is 376 g/mol. The lowest BCUT2D eigenvalue weighted by molar-refractivity contribution is 0.102. The predicted octanol–water partition coefficient (Wildman–Crippen LogP) is 3.89. The third-order valence-corrected chi connectivity index (χ3v) is 4.29. The van der Waals surface area contributed by atoms with Gasteiger partial charge in [-0.25, -0.2) is 4.98 Å². The summed E-state index contributed by atoms with van der Waals surface area (Å²) in [6, 6.07) is 16.0. The number of hydrogen-bond donors (Lipinski definition) is 2. The van der Waals surface area contributed by atoms with Crippen LogP contribution in [0, 0.1) is 0 Å². The lowest BCUT2D eigenvalue weighted by atomic mass is 10.2. The number of para-hydroxylation sites is 1. The third kappa shape index (κ3) is 3.43. The van der Waals surface area contributed by atoms with Gasteiger partial charge in [0.05, 0.1) is 11.2 Å². The van der Waals surface area contributed by atoms with Gasteiger partial charge in [0.25, 0.3) is 11.5 Å². The molecule has 2 aromatic heterocycles. The molecule has 0 fully saturated rings. The molecule has 0 spiro atoms. The van der Waals surface area contributed by atoms with Crippen LogP contribution in [0.15, 0.2) is 71.8 Å². The van der Waals surface area contributed by atoms with Crippen LogP contribution in [-0.4, -0.2) is 20.9 Å². The molecule has 0 aliphatic carbocycles. The van der Waals surface area contributed by atoms with Crippen LogP contribution in [0.2, 0.25) is 5.02 Å². The molecule has 0 saturated carbocycles. The highest BCUT2D eigenvalue weighted by Gasteiger charge is 2.14. The number of halogens is 1. The molecule has 7 heteroatoms. The van der Waals surface area contributed by atoms with Crippen molar-refractivity contribution in [3.05, 3.63) is 87.9 Å². The highest BCUT2D eigenvalue weighted by atomic mass is 35.5. The van der Waals surface area contributed by atoms with Crippen molar-refractivity contribution >= 4 is 34.1 Å². The molecule has 0 aliphatic heterocycles. The predicted molar refractivity (Wildman–Crippen MR) is 105 cm³/mol. The smallest absolute Gasteiger partial charge is 0.264 e. The van der Waals surface area contributed by atoms with E-state index in [-0.39, 0.29) is 5.56 Å². The summed E-state index contributed by atoms with van der Waals surface area (Å²) < 4.78 is 0. The Bertz CT molecular complexity index is 1200. The number of aromatic amines is 1. The van der Waals surface area contributed by atoms with Crippen molar-refractivity contribution < 1.29 is 4.79 Å². The number of anilines is 1. The number of benzene rings is 2. The number of H-pyrrole nitrogens is 1. The standard InChI is InChI=1S/C20H13ClN4O2/c21-14-8-6-13(7-9-14)18-23-11-15(20(27)25-18)19(26)24-16-5-1-3-12-4-2-10-22-17(12)16/h1-11H,(H,24,26)(H,23,25,27). The van der Waals surface area contributed by atoms with Gasteiger partial charge in [-0.1, -0.05) is 29.8 Å². The SMILES string of the molecule is O=C(Nc1cccc2cccnc12)c1cnc(-c2ccc(Cl)cc2)[nH]c1=O. The van der Waals surface area contributed by atoms with Crippen LogP contribution in [0.5, 0.6) is 0 Å². The Kier molecular flexibility index (Phi) is 4.40. The molecule has 1 amide bonds. The van der Waals surface area contributed by atoms with Gasteiger partial charge in [0, 0.05) is 28.4 Å². The minimum absolute atomic E-state index is 0.0827. The summed E-state index contributed by atoms with van der Waals surface area (Å²) in [5.41, 5.74) is 1.26. The molecular formula is C20H13ClN4O2. The highest BCUT2D eigenvalue weighted by Crippen LogP contribution is 2.21. The molecule has 0 unspecified atom stereocenters. The van der Waals surface area contributed by atoms with Gasteiger partial charge in [-0.05, 0) is 36.4 Å². The van der Waals surface area contributed by atoms with E-state index in [0.717, 1.165) is 5.39 Å². The second-order valence-electron chi connectivity index (χ2n) is 5.82. The fraction of sp³-hybridized carbons (Fsp3) is 0. The third-order valence-electron chi connectivity index (χ3n) is 4.04. The molecule has 0 radical (unpaired) electrons. The number of nitrogens with zero attached hydrogens (tertiary/aromatic N) is 2. The van der Waals surface area contributed by atoms with Crippen LogP contribution in [0.1, 0.15) is 10.4 Å². The van der Waals surface area contributed by atoms with Gasteiger partial charge in [-0.3, -0.25) is 14.6 Å². The first-order chi connectivity index (χ1) is 13.1. The summed E-state index contributed by atoms with van der Waals surface area (Å²) in [4.78, 5) is 36.0. The average Bonchev–Trinajstić information content (AvgIpc) is 2.68.